The Hall–Kier alpha value is -3.17. The van der Waals surface area contributed by atoms with Crippen LogP contribution >= 0.6 is 24.0 Å². The lowest BCUT2D eigenvalue weighted by atomic mass is 10.2. The van der Waals surface area contributed by atoms with E-state index in [0.29, 0.717) is 10.7 Å². The molecule has 29 heavy (non-hydrogen) atoms. The second-order valence-electron chi connectivity index (χ2n) is 5.94. The van der Waals surface area contributed by atoms with Crippen LogP contribution in [0.1, 0.15) is 15.9 Å². The van der Waals surface area contributed by atoms with Crippen LogP contribution in [-0.2, 0) is 9.59 Å². The van der Waals surface area contributed by atoms with Crippen molar-refractivity contribution in [1.82, 2.24) is 4.90 Å². The van der Waals surface area contributed by atoms with E-state index in [1.807, 2.05) is 6.07 Å². The molecule has 0 aromatic heterocycles. The molecule has 2 aromatic carbocycles. The number of thioether (sulfide) groups is 1. The van der Waals surface area contributed by atoms with E-state index < -0.39 is 11.9 Å². The molecular weight excluding hydrogens is 412 g/mol. The van der Waals surface area contributed by atoms with Crippen molar-refractivity contribution in [3.63, 3.8) is 0 Å². The lowest BCUT2D eigenvalue weighted by Crippen LogP contribution is -2.36. The van der Waals surface area contributed by atoms with Gasteiger partial charge in [0, 0.05) is 0 Å². The van der Waals surface area contributed by atoms with E-state index in [0.717, 1.165) is 17.3 Å². The van der Waals surface area contributed by atoms with Gasteiger partial charge in [-0.25, -0.2) is 4.79 Å². The Morgan fingerprint density at radius 2 is 2.00 bits per heavy atom. The quantitative estimate of drug-likeness (QED) is 0.539. The number of benzene rings is 2. The van der Waals surface area contributed by atoms with E-state index in [1.165, 1.54) is 17.0 Å². The van der Waals surface area contributed by atoms with Gasteiger partial charge in [-0.15, -0.1) is 0 Å². The highest BCUT2D eigenvalue weighted by atomic mass is 32.2. The highest BCUT2D eigenvalue weighted by Gasteiger charge is 2.33. The van der Waals surface area contributed by atoms with E-state index in [4.69, 9.17) is 17.0 Å². The number of para-hydroxylation sites is 1. The zero-order valence-electron chi connectivity index (χ0n) is 15.2. The van der Waals surface area contributed by atoms with Gasteiger partial charge in [0.25, 0.3) is 5.91 Å². The summed E-state index contributed by atoms with van der Waals surface area (Å²) in [6.07, 6.45) is 1.68. The van der Waals surface area contributed by atoms with Crippen LogP contribution in [0.5, 0.6) is 5.75 Å². The maximum absolute atomic E-state index is 12.7. The van der Waals surface area contributed by atoms with Gasteiger partial charge in [0.1, 0.15) is 16.6 Å². The van der Waals surface area contributed by atoms with Gasteiger partial charge < -0.3 is 15.2 Å². The molecule has 2 N–H and O–H groups in total. The molecule has 148 valence electrons. The second-order valence-corrected chi connectivity index (χ2v) is 7.62. The molecule has 3 rings (SSSR count). The molecule has 0 unspecified atom stereocenters. The number of rotatable bonds is 6. The van der Waals surface area contributed by atoms with Gasteiger partial charge >= 0.3 is 5.97 Å². The number of amides is 2. The van der Waals surface area contributed by atoms with E-state index in [2.05, 4.69) is 5.32 Å². The monoisotopic (exact) mass is 428 g/mol. The highest BCUT2D eigenvalue weighted by molar-refractivity contribution is 8.26. The number of carboxylic acids is 1. The molecule has 0 atom stereocenters. The largest absolute Gasteiger partial charge is 0.497 e. The first-order chi connectivity index (χ1) is 13.9. The molecule has 0 saturated carbocycles. The van der Waals surface area contributed by atoms with Crippen LogP contribution in [0.3, 0.4) is 0 Å². The van der Waals surface area contributed by atoms with Crippen LogP contribution in [0, 0.1) is 0 Å². The lowest BCUT2D eigenvalue weighted by molar-refractivity contribution is -0.126. The third kappa shape index (κ3) is 4.82. The molecule has 1 heterocycles. The highest BCUT2D eigenvalue weighted by Crippen LogP contribution is 2.33. The van der Waals surface area contributed by atoms with E-state index in [-0.39, 0.29) is 28.0 Å². The molecule has 7 nitrogen and oxygen atoms in total. The summed E-state index contributed by atoms with van der Waals surface area (Å²) in [5.74, 6) is -1.43. The summed E-state index contributed by atoms with van der Waals surface area (Å²) in [5.41, 5.74) is 0.885. The van der Waals surface area contributed by atoms with Crippen molar-refractivity contribution in [2.24, 2.45) is 0 Å². The van der Waals surface area contributed by atoms with Crippen molar-refractivity contribution in [3.05, 3.63) is 64.6 Å². The van der Waals surface area contributed by atoms with Crippen LogP contribution in [-0.4, -0.2) is 45.8 Å². The number of thiocarbonyl (C=S) groups is 1. The minimum atomic E-state index is -1.16. The molecule has 0 aliphatic carbocycles. The SMILES string of the molecule is COc1cccc(C=C2SC(=S)N(CC(=O)Nc3ccccc3C(=O)O)C2=O)c1. The first-order valence-corrected chi connectivity index (χ1v) is 9.63. The predicted molar refractivity (Wildman–Crippen MR) is 115 cm³/mol. The van der Waals surface area contributed by atoms with Gasteiger partial charge in [-0.3, -0.25) is 14.5 Å². The van der Waals surface area contributed by atoms with Crippen molar-refractivity contribution < 1.29 is 24.2 Å². The number of nitrogens with one attached hydrogen (secondary N) is 1. The maximum Gasteiger partial charge on any atom is 0.337 e. The molecule has 2 amide bonds. The number of anilines is 1. The molecule has 0 radical (unpaired) electrons. The number of ether oxygens (including phenoxy) is 1. The first kappa shape index (κ1) is 20.6. The molecule has 2 aromatic rings. The molecule has 1 aliphatic rings. The number of carbonyl (C=O) groups is 3. The molecule has 1 fully saturated rings. The van der Waals surface area contributed by atoms with Gasteiger partial charge in [0.2, 0.25) is 5.91 Å². The van der Waals surface area contributed by atoms with Crippen LogP contribution in [0.4, 0.5) is 5.69 Å². The number of carboxylic acid groups (broad SMARTS) is 1. The summed E-state index contributed by atoms with van der Waals surface area (Å²) in [5, 5.41) is 11.7. The average Bonchev–Trinajstić information content (AvgIpc) is 2.95. The van der Waals surface area contributed by atoms with Crippen LogP contribution in [0.25, 0.3) is 6.08 Å². The lowest BCUT2D eigenvalue weighted by Gasteiger charge is -2.15. The van der Waals surface area contributed by atoms with Crippen molar-refractivity contribution in [2.75, 3.05) is 19.0 Å². The summed E-state index contributed by atoms with van der Waals surface area (Å²) in [6, 6.07) is 13.2. The number of hydrogen-bond acceptors (Lipinski definition) is 6. The fourth-order valence-electron chi connectivity index (χ4n) is 2.63. The molecule has 9 heteroatoms. The minimum Gasteiger partial charge on any atom is -0.497 e. The van der Waals surface area contributed by atoms with Gasteiger partial charge in [-0.2, -0.15) is 0 Å². The fraction of sp³-hybridized carbons (Fsp3) is 0.100. The van der Waals surface area contributed by atoms with Crippen LogP contribution in [0.2, 0.25) is 0 Å². The van der Waals surface area contributed by atoms with Gasteiger partial charge in [-0.05, 0) is 35.9 Å². The van der Waals surface area contributed by atoms with E-state index >= 15 is 0 Å². The van der Waals surface area contributed by atoms with E-state index in [9.17, 15) is 19.5 Å². The summed E-state index contributed by atoms with van der Waals surface area (Å²) >= 11 is 6.34. The average molecular weight is 428 g/mol. The van der Waals surface area contributed by atoms with Crippen LogP contribution in [0.15, 0.2) is 53.4 Å². The normalized spacial score (nSPS) is 14.9. The zero-order valence-corrected chi connectivity index (χ0v) is 16.9. The Morgan fingerprint density at radius 3 is 2.72 bits per heavy atom. The minimum absolute atomic E-state index is 0.0378. The third-order valence-corrected chi connectivity index (χ3v) is 5.38. The number of carbonyl (C=O) groups excluding carboxylic acids is 2. The molecule has 1 saturated heterocycles. The third-order valence-electron chi connectivity index (χ3n) is 4.00. The number of hydrogen-bond donors (Lipinski definition) is 2. The Labute approximate surface area is 176 Å². The Kier molecular flexibility index (Phi) is 6.30. The van der Waals surface area contributed by atoms with Crippen LogP contribution < -0.4 is 10.1 Å². The van der Waals surface area contributed by atoms with E-state index in [1.54, 1.807) is 43.5 Å². The first-order valence-electron chi connectivity index (χ1n) is 8.40. The molecule has 0 spiro atoms. The summed E-state index contributed by atoms with van der Waals surface area (Å²) in [7, 11) is 1.56. The summed E-state index contributed by atoms with van der Waals surface area (Å²) < 4.78 is 5.43. The smallest absolute Gasteiger partial charge is 0.337 e. The number of nitrogens with zero attached hydrogens (tertiary/aromatic N) is 1. The number of aromatic carboxylic acids is 1. The number of methoxy groups -OCH3 is 1. The van der Waals surface area contributed by atoms with Gasteiger partial charge in [-0.1, -0.05) is 48.2 Å². The molecular formula is C20H16N2O5S2. The second kappa shape index (κ2) is 8.89. The molecule has 0 bridgehead atoms. The van der Waals surface area contributed by atoms with Crippen molar-refractivity contribution in [1.29, 1.82) is 0 Å². The summed E-state index contributed by atoms with van der Waals surface area (Å²) in [4.78, 5) is 37.9. The van der Waals surface area contributed by atoms with Gasteiger partial charge in [0.05, 0.1) is 23.3 Å². The Balaban J connectivity index is 1.72. The van der Waals surface area contributed by atoms with Crippen molar-refractivity contribution in [3.8, 4) is 5.75 Å². The van der Waals surface area contributed by atoms with Crippen molar-refractivity contribution in [2.45, 2.75) is 0 Å². The van der Waals surface area contributed by atoms with Crippen molar-refractivity contribution >= 4 is 57.8 Å². The topological polar surface area (TPSA) is 95.9 Å². The fourth-order valence-corrected chi connectivity index (χ4v) is 3.89. The maximum atomic E-state index is 12.7. The standard InChI is InChI=1S/C20H16N2O5S2/c1-27-13-6-4-5-12(9-13)10-16-18(24)22(20(28)29-16)11-17(23)21-15-8-3-2-7-14(15)19(25)26/h2-10H,11H2,1H3,(H,21,23)(H,25,26). The Bertz CT molecular complexity index is 1040. The zero-order chi connectivity index (χ0) is 21.0. The Morgan fingerprint density at radius 1 is 1.24 bits per heavy atom. The predicted octanol–water partition coefficient (Wildman–Crippen LogP) is 3.23. The summed E-state index contributed by atoms with van der Waals surface area (Å²) in [6.45, 7) is -0.311. The van der Waals surface area contributed by atoms with Gasteiger partial charge in [0.15, 0.2) is 0 Å². The molecule has 1 aliphatic heterocycles.